The molecule has 2 heteroatoms. The zero-order valence-corrected chi connectivity index (χ0v) is 17.2. The standard InChI is InChI=1S/C25H28N2/c1-24(2,3)17-10-12-21-19(15-17)20-16-18(25(4,5)6)11-13-22(20)27(21)23-9-7-8-14-26-23/h7-16H,1-6H3. The highest BCUT2D eigenvalue weighted by Gasteiger charge is 2.20. The maximum absolute atomic E-state index is 4.63. The molecule has 0 aliphatic rings. The van der Waals surface area contributed by atoms with Gasteiger partial charge in [0.1, 0.15) is 5.82 Å². The van der Waals surface area contributed by atoms with E-state index in [4.69, 9.17) is 0 Å². The van der Waals surface area contributed by atoms with Gasteiger partial charge in [-0.05, 0) is 58.4 Å². The van der Waals surface area contributed by atoms with Crippen molar-refractivity contribution in [2.24, 2.45) is 0 Å². The van der Waals surface area contributed by atoms with Crippen LogP contribution in [0, 0.1) is 0 Å². The summed E-state index contributed by atoms with van der Waals surface area (Å²) in [7, 11) is 0. The average Bonchev–Trinajstić information content (AvgIpc) is 2.94. The van der Waals surface area contributed by atoms with E-state index < -0.39 is 0 Å². The minimum atomic E-state index is 0.120. The molecule has 0 saturated carbocycles. The molecule has 2 aromatic heterocycles. The lowest BCUT2D eigenvalue weighted by Crippen LogP contribution is -2.10. The predicted molar refractivity (Wildman–Crippen MR) is 116 cm³/mol. The second-order valence-electron chi connectivity index (χ2n) is 9.49. The first kappa shape index (κ1) is 17.8. The summed E-state index contributed by atoms with van der Waals surface area (Å²) < 4.78 is 2.28. The van der Waals surface area contributed by atoms with Crippen molar-refractivity contribution in [2.75, 3.05) is 0 Å². The fraction of sp³-hybridized carbons (Fsp3) is 0.320. The van der Waals surface area contributed by atoms with Crippen LogP contribution in [0.25, 0.3) is 27.6 Å². The van der Waals surface area contributed by atoms with Gasteiger partial charge in [-0.2, -0.15) is 0 Å². The van der Waals surface area contributed by atoms with Crippen molar-refractivity contribution in [1.82, 2.24) is 9.55 Å². The highest BCUT2D eigenvalue weighted by Crippen LogP contribution is 2.36. The largest absolute Gasteiger partial charge is 0.294 e. The first-order chi connectivity index (χ1) is 12.7. The van der Waals surface area contributed by atoms with E-state index in [2.05, 4.69) is 93.6 Å². The third-order valence-electron chi connectivity index (χ3n) is 5.38. The van der Waals surface area contributed by atoms with Crippen LogP contribution in [0.4, 0.5) is 0 Å². The van der Waals surface area contributed by atoms with Crippen LogP contribution in [0.5, 0.6) is 0 Å². The SMILES string of the molecule is CC(C)(C)c1ccc2c(c1)c1cc(C(C)(C)C)ccc1n2-c1ccccn1. The van der Waals surface area contributed by atoms with Crippen molar-refractivity contribution >= 4 is 21.8 Å². The maximum atomic E-state index is 4.63. The summed E-state index contributed by atoms with van der Waals surface area (Å²) >= 11 is 0. The van der Waals surface area contributed by atoms with E-state index in [-0.39, 0.29) is 10.8 Å². The van der Waals surface area contributed by atoms with Gasteiger partial charge in [-0.15, -0.1) is 0 Å². The quantitative estimate of drug-likeness (QED) is 0.368. The van der Waals surface area contributed by atoms with Crippen LogP contribution >= 0.6 is 0 Å². The molecule has 0 bridgehead atoms. The topological polar surface area (TPSA) is 17.8 Å². The Hall–Kier alpha value is -2.61. The summed E-state index contributed by atoms with van der Waals surface area (Å²) in [5, 5.41) is 2.60. The average molecular weight is 357 g/mol. The molecule has 0 saturated heterocycles. The number of hydrogen-bond donors (Lipinski definition) is 0. The second-order valence-corrected chi connectivity index (χ2v) is 9.49. The molecule has 0 aliphatic heterocycles. The fourth-order valence-corrected chi connectivity index (χ4v) is 3.69. The van der Waals surface area contributed by atoms with Crippen LogP contribution in [0.1, 0.15) is 52.7 Å². The van der Waals surface area contributed by atoms with Crippen molar-refractivity contribution in [3.05, 3.63) is 71.9 Å². The molecular weight excluding hydrogens is 328 g/mol. The lowest BCUT2D eigenvalue weighted by molar-refractivity contribution is 0.590. The number of fused-ring (bicyclic) bond motifs is 3. The van der Waals surface area contributed by atoms with Crippen LogP contribution < -0.4 is 0 Å². The van der Waals surface area contributed by atoms with Gasteiger partial charge in [-0.3, -0.25) is 4.57 Å². The van der Waals surface area contributed by atoms with Gasteiger partial charge in [0.05, 0.1) is 11.0 Å². The number of rotatable bonds is 1. The van der Waals surface area contributed by atoms with Gasteiger partial charge in [0, 0.05) is 17.0 Å². The highest BCUT2D eigenvalue weighted by molar-refractivity contribution is 6.09. The molecule has 0 spiro atoms. The van der Waals surface area contributed by atoms with Crippen LogP contribution in [0.3, 0.4) is 0 Å². The molecule has 2 aromatic carbocycles. The van der Waals surface area contributed by atoms with E-state index in [0.717, 1.165) is 5.82 Å². The van der Waals surface area contributed by atoms with E-state index in [9.17, 15) is 0 Å². The Kier molecular flexibility index (Phi) is 3.92. The van der Waals surface area contributed by atoms with Crippen molar-refractivity contribution in [1.29, 1.82) is 0 Å². The van der Waals surface area contributed by atoms with E-state index >= 15 is 0 Å². The second kappa shape index (κ2) is 5.95. The minimum absolute atomic E-state index is 0.120. The van der Waals surface area contributed by atoms with Crippen molar-refractivity contribution in [2.45, 2.75) is 52.4 Å². The predicted octanol–water partition coefficient (Wildman–Crippen LogP) is 6.77. The van der Waals surface area contributed by atoms with E-state index in [0.29, 0.717) is 0 Å². The smallest absolute Gasteiger partial charge is 0.137 e. The summed E-state index contributed by atoms with van der Waals surface area (Å²) in [4.78, 5) is 4.63. The zero-order chi connectivity index (χ0) is 19.4. The molecule has 4 rings (SSSR count). The summed E-state index contributed by atoms with van der Waals surface area (Å²) in [5.74, 6) is 0.963. The van der Waals surface area contributed by atoms with Crippen molar-refractivity contribution in [3.63, 3.8) is 0 Å². The summed E-state index contributed by atoms with van der Waals surface area (Å²) in [6.07, 6.45) is 1.86. The van der Waals surface area contributed by atoms with Crippen molar-refractivity contribution in [3.8, 4) is 5.82 Å². The lowest BCUT2D eigenvalue weighted by Gasteiger charge is -2.19. The molecular formula is C25H28N2. The zero-order valence-electron chi connectivity index (χ0n) is 17.2. The summed E-state index contributed by atoms with van der Waals surface area (Å²) in [6, 6.07) is 19.8. The third-order valence-corrected chi connectivity index (χ3v) is 5.38. The van der Waals surface area contributed by atoms with Gasteiger partial charge in [-0.1, -0.05) is 59.7 Å². The number of benzene rings is 2. The van der Waals surface area contributed by atoms with Gasteiger partial charge in [0.2, 0.25) is 0 Å². The van der Waals surface area contributed by atoms with E-state index in [1.54, 1.807) is 0 Å². The normalized spacial score (nSPS) is 12.8. The van der Waals surface area contributed by atoms with E-state index in [1.165, 1.54) is 32.9 Å². The Morgan fingerprint density at radius 1 is 0.667 bits per heavy atom. The summed E-state index contributed by atoms with van der Waals surface area (Å²) in [6.45, 7) is 13.6. The number of aromatic nitrogens is 2. The fourth-order valence-electron chi connectivity index (χ4n) is 3.69. The van der Waals surface area contributed by atoms with Gasteiger partial charge in [-0.25, -0.2) is 4.98 Å². The number of nitrogens with zero attached hydrogens (tertiary/aromatic N) is 2. The molecule has 138 valence electrons. The third kappa shape index (κ3) is 3.03. The molecule has 2 nitrogen and oxygen atoms in total. The number of pyridine rings is 1. The molecule has 0 N–H and O–H groups in total. The molecule has 0 radical (unpaired) electrons. The van der Waals surface area contributed by atoms with E-state index in [1.807, 2.05) is 18.3 Å². The molecule has 0 atom stereocenters. The van der Waals surface area contributed by atoms with Gasteiger partial charge in [0.25, 0.3) is 0 Å². The molecule has 2 heterocycles. The molecule has 0 amide bonds. The minimum Gasteiger partial charge on any atom is -0.294 e. The molecule has 0 unspecified atom stereocenters. The Labute approximate surface area is 161 Å². The van der Waals surface area contributed by atoms with Crippen LogP contribution in [0.2, 0.25) is 0 Å². The number of hydrogen-bond acceptors (Lipinski definition) is 1. The van der Waals surface area contributed by atoms with Crippen LogP contribution in [-0.4, -0.2) is 9.55 Å². The Morgan fingerprint density at radius 2 is 1.19 bits per heavy atom. The van der Waals surface area contributed by atoms with Gasteiger partial charge in [0.15, 0.2) is 0 Å². The molecule has 0 aliphatic carbocycles. The first-order valence-corrected chi connectivity index (χ1v) is 9.67. The van der Waals surface area contributed by atoms with Crippen LogP contribution in [-0.2, 0) is 10.8 Å². The maximum Gasteiger partial charge on any atom is 0.137 e. The Morgan fingerprint density at radius 3 is 1.59 bits per heavy atom. The molecule has 0 fully saturated rings. The van der Waals surface area contributed by atoms with Gasteiger partial charge < -0.3 is 0 Å². The first-order valence-electron chi connectivity index (χ1n) is 9.67. The highest BCUT2D eigenvalue weighted by atomic mass is 15.1. The lowest BCUT2D eigenvalue weighted by atomic mass is 9.85. The van der Waals surface area contributed by atoms with Crippen LogP contribution in [0.15, 0.2) is 60.8 Å². The molecule has 4 aromatic rings. The summed E-state index contributed by atoms with van der Waals surface area (Å²) in [5.41, 5.74) is 5.38. The Bertz CT molecular complexity index is 1050. The Balaban J connectivity index is 2.13. The van der Waals surface area contributed by atoms with Crippen molar-refractivity contribution < 1.29 is 0 Å². The molecule has 27 heavy (non-hydrogen) atoms. The van der Waals surface area contributed by atoms with Gasteiger partial charge >= 0.3 is 0 Å². The monoisotopic (exact) mass is 356 g/mol.